The van der Waals surface area contributed by atoms with Gasteiger partial charge in [0.15, 0.2) is 0 Å². The third kappa shape index (κ3) is 3.95. The van der Waals surface area contributed by atoms with Crippen molar-refractivity contribution in [2.45, 2.75) is 0 Å². The van der Waals surface area contributed by atoms with E-state index in [1.54, 1.807) is 0 Å². The summed E-state index contributed by atoms with van der Waals surface area (Å²) < 4.78 is 2.19. The molecule has 10 rings (SSSR count). The maximum absolute atomic E-state index is 5.00. The third-order valence-corrected chi connectivity index (χ3v) is 9.77. The number of imidazole rings is 1. The van der Waals surface area contributed by atoms with Gasteiger partial charge in [-0.1, -0.05) is 140 Å². The SMILES string of the molecule is c1ccc2cc(-c3c4ccccc4c(-c4ccc(-c5cc6c(nc7ccccn76)c6ccccc56)cc4)c4ccccc34)ccc2c1. The van der Waals surface area contributed by atoms with Gasteiger partial charge in [-0.15, -0.1) is 0 Å². The van der Waals surface area contributed by atoms with Gasteiger partial charge in [0, 0.05) is 11.6 Å². The summed E-state index contributed by atoms with van der Waals surface area (Å²) in [5, 5.41) is 9.97. The molecule has 0 aliphatic rings. The fraction of sp³-hybridized carbons (Fsp3) is 0. The summed E-state index contributed by atoms with van der Waals surface area (Å²) in [6, 6.07) is 59.5. The molecule has 0 aliphatic heterocycles. The van der Waals surface area contributed by atoms with Crippen LogP contribution in [0, 0.1) is 0 Å². The average Bonchev–Trinajstić information content (AvgIpc) is 3.52. The summed E-state index contributed by atoms with van der Waals surface area (Å²) in [6.45, 7) is 0. The molecule has 2 heterocycles. The smallest absolute Gasteiger partial charge is 0.137 e. The second-order valence-corrected chi connectivity index (χ2v) is 12.4. The molecule has 0 bridgehead atoms. The van der Waals surface area contributed by atoms with Crippen molar-refractivity contribution in [2.75, 3.05) is 0 Å². The molecule has 8 aromatic carbocycles. The largest absolute Gasteiger partial charge is 0.300 e. The van der Waals surface area contributed by atoms with E-state index in [-0.39, 0.29) is 0 Å². The van der Waals surface area contributed by atoms with Crippen molar-refractivity contribution in [3.05, 3.63) is 170 Å². The van der Waals surface area contributed by atoms with E-state index < -0.39 is 0 Å². The van der Waals surface area contributed by atoms with Gasteiger partial charge in [-0.2, -0.15) is 0 Å². The van der Waals surface area contributed by atoms with Crippen LogP contribution in [-0.2, 0) is 0 Å². The number of hydrogen-bond acceptors (Lipinski definition) is 1. The maximum atomic E-state index is 5.00. The normalized spacial score (nSPS) is 11.8. The number of aromatic nitrogens is 2. The zero-order valence-corrected chi connectivity index (χ0v) is 25.6. The van der Waals surface area contributed by atoms with Gasteiger partial charge in [0.2, 0.25) is 0 Å². The standard InChI is InChI=1S/C45H28N2/c1-2-12-32-27-33(25-20-29(32)11-1)44-37-16-6-4-14-35(37)43(36-15-5-7-17-38(36)44)31-23-21-30(22-24-31)40-28-41-45(39-18-8-3-13-34(39)40)46-42-19-9-10-26-47(41)42/h1-28H. The lowest BCUT2D eigenvalue weighted by molar-refractivity contribution is 1.23. The van der Waals surface area contributed by atoms with E-state index in [0.29, 0.717) is 0 Å². The van der Waals surface area contributed by atoms with Crippen LogP contribution < -0.4 is 0 Å². The molecule has 10 aromatic rings. The summed E-state index contributed by atoms with van der Waals surface area (Å²) in [7, 11) is 0. The second-order valence-electron chi connectivity index (χ2n) is 12.4. The fourth-order valence-electron chi connectivity index (χ4n) is 7.64. The van der Waals surface area contributed by atoms with E-state index >= 15 is 0 Å². The average molecular weight is 597 g/mol. The van der Waals surface area contributed by atoms with E-state index in [0.717, 1.165) is 16.7 Å². The highest BCUT2D eigenvalue weighted by Gasteiger charge is 2.18. The first-order valence-electron chi connectivity index (χ1n) is 16.1. The molecular weight excluding hydrogens is 569 g/mol. The molecule has 0 N–H and O–H groups in total. The first kappa shape index (κ1) is 26.0. The van der Waals surface area contributed by atoms with Crippen LogP contribution in [0.1, 0.15) is 0 Å². The van der Waals surface area contributed by atoms with Crippen molar-refractivity contribution < 1.29 is 0 Å². The number of nitrogens with zero attached hydrogens (tertiary/aromatic N) is 2. The maximum Gasteiger partial charge on any atom is 0.137 e. The Morgan fingerprint density at radius 1 is 0.383 bits per heavy atom. The Bertz CT molecular complexity index is 2780. The summed E-state index contributed by atoms with van der Waals surface area (Å²) in [4.78, 5) is 5.00. The molecule has 2 aromatic heterocycles. The van der Waals surface area contributed by atoms with Gasteiger partial charge >= 0.3 is 0 Å². The van der Waals surface area contributed by atoms with Crippen LogP contribution in [0.3, 0.4) is 0 Å². The lowest BCUT2D eigenvalue weighted by Crippen LogP contribution is -1.91. The zero-order chi connectivity index (χ0) is 30.9. The third-order valence-electron chi connectivity index (χ3n) is 9.77. The van der Waals surface area contributed by atoms with E-state index in [2.05, 4.69) is 168 Å². The predicted octanol–water partition coefficient (Wildman–Crippen LogP) is 12.1. The monoisotopic (exact) mass is 596 g/mol. The highest BCUT2D eigenvalue weighted by molar-refractivity contribution is 6.22. The molecule has 2 heteroatoms. The minimum atomic E-state index is 0.964. The summed E-state index contributed by atoms with van der Waals surface area (Å²) in [5.74, 6) is 0. The highest BCUT2D eigenvalue weighted by Crippen LogP contribution is 2.44. The van der Waals surface area contributed by atoms with E-state index in [4.69, 9.17) is 4.98 Å². The van der Waals surface area contributed by atoms with Crippen LogP contribution in [0.5, 0.6) is 0 Å². The van der Waals surface area contributed by atoms with Gasteiger partial charge in [0.1, 0.15) is 5.65 Å². The number of benzene rings is 8. The summed E-state index contributed by atoms with van der Waals surface area (Å²) in [5.41, 5.74) is 10.6. The molecular formula is C45H28N2. The Kier molecular flexibility index (Phi) is 5.61. The van der Waals surface area contributed by atoms with Crippen LogP contribution in [0.15, 0.2) is 170 Å². The molecule has 0 radical (unpaired) electrons. The molecule has 0 spiro atoms. The molecule has 0 amide bonds. The van der Waals surface area contributed by atoms with Crippen molar-refractivity contribution in [1.82, 2.24) is 9.38 Å². The molecule has 0 aliphatic carbocycles. The first-order chi connectivity index (χ1) is 23.3. The number of pyridine rings is 1. The molecule has 0 unspecified atom stereocenters. The van der Waals surface area contributed by atoms with Crippen molar-refractivity contribution >= 4 is 59.8 Å². The van der Waals surface area contributed by atoms with Crippen LogP contribution in [-0.4, -0.2) is 9.38 Å². The quantitative estimate of drug-likeness (QED) is 0.185. The number of hydrogen-bond donors (Lipinski definition) is 0. The van der Waals surface area contributed by atoms with Gasteiger partial charge < -0.3 is 0 Å². The fourth-order valence-corrected chi connectivity index (χ4v) is 7.64. The Labute approximate surface area is 271 Å². The van der Waals surface area contributed by atoms with Gasteiger partial charge in [0.25, 0.3) is 0 Å². The Hall–Kier alpha value is -6.25. The zero-order valence-electron chi connectivity index (χ0n) is 25.6. The van der Waals surface area contributed by atoms with E-state index in [1.807, 2.05) is 6.07 Å². The van der Waals surface area contributed by atoms with Crippen LogP contribution in [0.2, 0.25) is 0 Å². The lowest BCUT2D eigenvalue weighted by Gasteiger charge is -2.18. The Morgan fingerprint density at radius 3 is 1.62 bits per heavy atom. The van der Waals surface area contributed by atoms with Crippen molar-refractivity contribution in [1.29, 1.82) is 0 Å². The van der Waals surface area contributed by atoms with E-state index in [1.165, 1.54) is 76.5 Å². The highest BCUT2D eigenvalue weighted by atomic mass is 15.0. The van der Waals surface area contributed by atoms with E-state index in [9.17, 15) is 0 Å². The van der Waals surface area contributed by atoms with Crippen molar-refractivity contribution in [3.63, 3.8) is 0 Å². The second kappa shape index (κ2) is 10.1. The Balaban J connectivity index is 1.19. The lowest BCUT2D eigenvalue weighted by atomic mass is 9.85. The summed E-state index contributed by atoms with van der Waals surface area (Å²) >= 11 is 0. The van der Waals surface area contributed by atoms with Crippen LogP contribution in [0.25, 0.3) is 93.2 Å². The van der Waals surface area contributed by atoms with Gasteiger partial charge in [0.05, 0.1) is 11.0 Å². The molecule has 218 valence electrons. The molecule has 2 nitrogen and oxygen atoms in total. The predicted molar refractivity (Wildman–Crippen MR) is 199 cm³/mol. The number of rotatable bonds is 3. The number of fused-ring (bicyclic) bond motifs is 8. The van der Waals surface area contributed by atoms with Crippen LogP contribution >= 0.6 is 0 Å². The molecule has 0 saturated heterocycles. The van der Waals surface area contributed by atoms with Gasteiger partial charge in [-0.25, -0.2) is 4.98 Å². The summed E-state index contributed by atoms with van der Waals surface area (Å²) in [6.07, 6.45) is 2.10. The topological polar surface area (TPSA) is 17.3 Å². The minimum Gasteiger partial charge on any atom is -0.300 e. The molecule has 0 fully saturated rings. The van der Waals surface area contributed by atoms with Crippen molar-refractivity contribution in [3.8, 4) is 33.4 Å². The molecule has 47 heavy (non-hydrogen) atoms. The van der Waals surface area contributed by atoms with Gasteiger partial charge in [-0.05, 0) is 95.3 Å². The van der Waals surface area contributed by atoms with Gasteiger partial charge in [-0.3, -0.25) is 4.40 Å². The minimum absolute atomic E-state index is 0.964. The molecule has 0 atom stereocenters. The van der Waals surface area contributed by atoms with Crippen molar-refractivity contribution in [2.24, 2.45) is 0 Å². The first-order valence-corrected chi connectivity index (χ1v) is 16.1. The molecule has 0 saturated carbocycles. The van der Waals surface area contributed by atoms with Crippen LogP contribution in [0.4, 0.5) is 0 Å². The Morgan fingerprint density at radius 2 is 0.915 bits per heavy atom.